The minimum absolute atomic E-state index is 0.271. The summed E-state index contributed by atoms with van der Waals surface area (Å²) in [4.78, 5) is 12.9. The van der Waals surface area contributed by atoms with Crippen molar-refractivity contribution in [3.8, 4) is 22.1 Å². The van der Waals surface area contributed by atoms with E-state index in [1.165, 1.54) is 18.3 Å². The molecule has 0 saturated heterocycles. The highest BCUT2D eigenvalue weighted by Gasteiger charge is 2.29. The number of hydrogen-bond donors (Lipinski definition) is 1. The highest BCUT2D eigenvalue weighted by Crippen LogP contribution is 2.29. The lowest BCUT2D eigenvalue weighted by Gasteiger charge is -2.28. The fourth-order valence-electron chi connectivity index (χ4n) is 3.00. The molecule has 1 aromatic heterocycles. The van der Waals surface area contributed by atoms with Crippen LogP contribution in [0.1, 0.15) is 13.8 Å². The average Bonchev–Trinajstić information content (AvgIpc) is 3.23. The summed E-state index contributed by atoms with van der Waals surface area (Å²) in [7, 11) is -2.15. The van der Waals surface area contributed by atoms with Crippen molar-refractivity contribution in [1.29, 1.82) is 0 Å². The zero-order chi connectivity index (χ0) is 23.3. The first-order valence-corrected chi connectivity index (χ1v) is 12.4. The molecule has 3 aromatic rings. The third-order valence-corrected chi connectivity index (χ3v) is 6.61. The highest BCUT2D eigenvalue weighted by molar-refractivity contribution is 7.92. The number of benzene rings is 2. The zero-order valence-corrected chi connectivity index (χ0v) is 19.7. The first-order valence-electron chi connectivity index (χ1n) is 9.74. The third kappa shape index (κ3) is 5.54. The lowest BCUT2D eigenvalue weighted by atomic mass is 10.2. The Balaban J connectivity index is 1.77. The standard InChI is InChI=1S/C21H24N4O5S2/c1-5-30-18-12-8-16(9-13-18)25(32(4,27)28)14(2)19(26)22-21-24-23-20(31-21)15-6-10-17(29-3)11-7-15/h6-14H,5H2,1-4H3,(H,22,24,26)/t14-/m0/s1. The van der Waals surface area contributed by atoms with Gasteiger partial charge in [0.05, 0.1) is 25.7 Å². The van der Waals surface area contributed by atoms with E-state index >= 15 is 0 Å². The molecule has 0 saturated carbocycles. The number of nitrogens with one attached hydrogen (secondary N) is 1. The van der Waals surface area contributed by atoms with Crippen LogP contribution in [0.5, 0.6) is 11.5 Å². The average molecular weight is 477 g/mol. The number of sulfonamides is 1. The number of anilines is 2. The largest absolute Gasteiger partial charge is 0.497 e. The maximum Gasteiger partial charge on any atom is 0.249 e. The van der Waals surface area contributed by atoms with Crippen LogP contribution in [-0.4, -0.2) is 50.5 Å². The molecular weight excluding hydrogens is 452 g/mol. The lowest BCUT2D eigenvalue weighted by molar-refractivity contribution is -0.116. The molecule has 0 aliphatic heterocycles. The number of carbonyl (C=O) groups is 1. The van der Waals surface area contributed by atoms with Gasteiger partial charge in [0, 0.05) is 5.56 Å². The van der Waals surface area contributed by atoms with Gasteiger partial charge < -0.3 is 9.47 Å². The number of rotatable bonds is 9. The van der Waals surface area contributed by atoms with Crippen molar-refractivity contribution < 1.29 is 22.7 Å². The molecule has 1 atom stereocenters. The first-order chi connectivity index (χ1) is 15.2. The van der Waals surface area contributed by atoms with Gasteiger partial charge in [-0.1, -0.05) is 11.3 Å². The molecule has 0 aliphatic rings. The summed E-state index contributed by atoms with van der Waals surface area (Å²) < 4.78 is 36.5. The van der Waals surface area contributed by atoms with Gasteiger partial charge in [-0.3, -0.25) is 14.4 Å². The quantitative estimate of drug-likeness (QED) is 0.504. The van der Waals surface area contributed by atoms with E-state index < -0.39 is 22.0 Å². The van der Waals surface area contributed by atoms with Crippen LogP contribution in [0, 0.1) is 0 Å². The molecule has 0 aliphatic carbocycles. The van der Waals surface area contributed by atoms with Crippen molar-refractivity contribution in [3.05, 3.63) is 48.5 Å². The maximum atomic E-state index is 12.9. The summed E-state index contributed by atoms with van der Waals surface area (Å²) >= 11 is 1.19. The van der Waals surface area contributed by atoms with E-state index in [1.54, 1.807) is 43.5 Å². The SMILES string of the molecule is CCOc1ccc(N([C@@H](C)C(=O)Nc2nnc(-c3ccc(OC)cc3)s2)S(C)(=O)=O)cc1. The van der Waals surface area contributed by atoms with E-state index in [2.05, 4.69) is 15.5 Å². The van der Waals surface area contributed by atoms with Gasteiger partial charge >= 0.3 is 0 Å². The number of nitrogens with zero attached hydrogens (tertiary/aromatic N) is 3. The van der Waals surface area contributed by atoms with Gasteiger partial charge in [-0.05, 0) is 62.4 Å². The van der Waals surface area contributed by atoms with Gasteiger partial charge in [-0.25, -0.2) is 8.42 Å². The van der Waals surface area contributed by atoms with Crippen LogP contribution in [0.15, 0.2) is 48.5 Å². The molecule has 0 unspecified atom stereocenters. The van der Waals surface area contributed by atoms with Crippen molar-refractivity contribution >= 4 is 38.1 Å². The highest BCUT2D eigenvalue weighted by atomic mass is 32.2. The van der Waals surface area contributed by atoms with Crippen LogP contribution < -0.4 is 19.1 Å². The van der Waals surface area contributed by atoms with Crippen LogP contribution in [-0.2, 0) is 14.8 Å². The summed E-state index contributed by atoms with van der Waals surface area (Å²) in [5.41, 5.74) is 1.18. The fraction of sp³-hybridized carbons (Fsp3) is 0.286. The number of ether oxygens (including phenoxy) is 2. The second-order valence-electron chi connectivity index (χ2n) is 6.79. The predicted octanol–water partition coefficient (Wildman–Crippen LogP) is 3.41. The van der Waals surface area contributed by atoms with Gasteiger partial charge in [-0.15, -0.1) is 10.2 Å². The Morgan fingerprint density at radius 2 is 1.72 bits per heavy atom. The minimum atomic E-state index is -3.74. The summed E-state index contributed by atoms with van der Waals surface area (Å²) in [5, 5.41) is 11.6. The number of amides is 1. The topological polar surface area (TPSA) is 111 Å². The van der Waals surface area contributed by atoms with Crippen LogP contribution in [0.2, 0.25) is 0 Å². The smallest absolute Gasteiger partial charge is 0.249 e. The first kappa shape index (κ1) is 23.5. The van der Waals surface area contributed by atoms with Crippen molar-refractivity contribution in [2.24, 2.45) is 0 Å². The van der Waals surface area contributed by atoms with Crippen LogP contribution >= 0.6 is 11.3 Å². The van der Waals surface area contributed by atoms with Crippen LogP contribution in [0.25, 0.3) is 10.6 Å². The van der Waals surface area contributed by atoms with Gasteiger partial charge in [0.1, 0.15) is 22.5 Å². The van der Waals surface area contributed by atoms with E-state index in [0.717, 1.165) is 21.9 Å². The maximum absolute atomic E-state index is 12.9. The Hall–Kier alpha value is -3.18. The Bertz CT molecular complexity index is 1160. The monoisotopic (exact) mass is 476 g/mol. The number of methoxy groups -OCH3 is 1. The third-order valence-electron chi connectivity index (χ3n) is 4.48. The van der Waals surface area contributed by atoms with E-state index in [-0.39, 0.29) is 5.13 Å². The second kappa shape index (κ2) is 9.96. The van der Waals surface area contributed by atoms with Crippen molar-refractivity contribution in [1.82, 2.24) is 10.2 Å². The minimum Gasteiger partial charge on any atom is -0.497 e. The molecule has 2 aromatic carbocycles. The van der Waals surface area contributed by atoms with E-state index in [0.29, 0.717) is 23.1 Å². The van der Waals surface area contributed by atoms with Gasteiger partial charge in [0.15, 0.2) is 0 Å². The summed E-state index contributed by atoms with van der Waals surface area (Å²) in [6.45, 7) is 3.86. The Morgan fingerprint density at radius 3 is 2.28 bits per heavy atom. The molecule has 11 heteroatoms. The fourth-order valence-corrected chi connectivity index (χ4v) is 4.93. The van der Waals surface area contributed by atoms with Crippen LogP contribution in [0.3, 0.4) is 0 Å². The Labute approximate surface area is 191 Å². The molecule has 9 nitrogen and oxygen atoms in total. The van der Waals surface area contributed by atoms with Gasteiger partial charge in [-0.2, -0.15) is 0 Å². The zero-order valence-electron chi connectivity index (χ0n) is 18.1. The van der Waals surface area contributed by atoms with Gasteiger partial charge in [0.2, 0.25) is 21.1 Å². The van der Waals surface area contributed by atoms with E-state index in [4.69, 9.17) is 9.47 Å². The molecule has 1 heterocycles. The van der Waals surface area contributed by atoms with E-state index in [1.807, 2.05) is 19.1 Å². The summed E-state index contributed by atoms with van der Waals surface area (Å²) in [5.74, 6) is 0.805. The summed E-state index contributed by atoms with van der Waals surface area (Å²) in [6.07, 6.45) is 1.06. The molecular formula is C21H24N4O5S2. The predicted molar refractivity (Wildman–Crippen MR) is 125 cm³/mol. The lowest BCUT2D eigenvalue weighted by Crippen LogP contribution is -2.45. The molecule has 0 radical (unpaired) electrons. The summed E-state index contributed by atoms with van der Waals surface area (Å²) in [6, 6.07) is 12.8. The number of aromatic nitrogens is 2. The molecule has 1 amide bonds. The van der Waals surface area contributed by atoms with Crippen LogP contribution in [0.4, 0.5) is 10.8 Å². The molecule has 32 heavy (non-hydrogen) atoms. The van der Waals surface area contributed by atoms with E-state index in [9.17, 15) is 13.2 Å². The molecule has 0 fully saturated rings. The normalized spacial score (nSPS) is 12.1. The molecule has 3 rings (SSSR count). The van der Waals surface area contributed by atoms with Gasteiger partial charge in [0.25, 0.3) is 0 Å². The molecule has 0 spiro atoms. The molecule has 0 bridgehead atoms. The number of carbonyl (C=O) groups excluding carboxylic acids is 1. The van der Waals surface area contributed by atoms with Crippen molar-refractivity contribution in [3.63, 3.8) is 0 Å². The Kier molecular flexibility index (Phi) is 7.31. The molecule has 170 valence electrons. The number of hydrogen-bond acceptors (Lipinski definition) is 8. The molecule has 1 N–H and O–H groups in total. The van der Waals surface area contributed by atoms with Crippen molar-refractivity contribution in [2.45, 2.75) is 19.9 Å². The van der Waals surface area contributed by atoms with Crippen molar-refractivity contribution in [2.75, 3.05) is 29.6 Å². The second-order valence-corrected chi connectivity index (χ2v) is 9.63. The Morgan fingerprint density at radius 1 is 1.09 bits per heavy atom.